The van der Waals surface area contributed by atoms with Crippen LogP contribution in [-0.2, 0) is 11.0 Å². The number of halogens is 3. The largest absolute Gasteiger partial charge is 0.416 e. The minimum absolute atomic E-state index is 0.0123. The van der Waals surface area contributed by atoms with Crippen molar-refractivity contribution in [3.05, 3.63) is 23.8 Å². The highest BCUT2D eigenvalue weighted by Crippen LogP contribution is 2.55. The van der Waals surface area contributed by atoms with Gasteiger partial charge in [-0.15, -0.1) is 11.3 Å². The van der Waals surface area contributed by atoms with E-state index < -0.39 is 11.7 Å². The second-order valence-electron chi connectivity index (χ2n) is 8.69. The molecule has 4 bridgehead atoms. The van der Waals surface area contributed by atoms with Gasteiger partial charge in [-0.3, -0.25) is 4.79 Å². The monoisotopic (exact) mass is 426 g/mol. The van der Waals surface area contributed by atoms with Crippen LogP contribution in [0.1, 0.15) is 44.1 Å². The summed E-state index contributed by atoms with van der Waals surface area (Å²) in [6.45, 7) is 0. The molecule has 28 heavy (non-hydrogen) atoms. The minimum Gasteiger partial charge on any atom is -0.350 e. The lowest BCUT2D eigenvalue weighted by atomic mass is 9.53. The molecule has 6 rings (SSSR count). The van der Waals surface area contributed by atoms with Crippen LogP contribution in [0.5, 0.6) is 0 Å². The summed E-state index contributed by atoms with van der Waals surface area (Å²) in [6.07, 6.45) is 2.94. The van der Waals surface area contributed by atoms with Crippen molar-refractivity contribution in [2.45, 2.75) is 54.6 Å². The Kier molecular flexibility index (Phi) is 4.43. The van der Waals surface area contributed by atoms with Gasteiger partial charge in [-0.2, -0.15) is 13.2 Å². The van der Waals surface area contributed by atoms with Crippen molar-refractivity contribution in [3.63, 3.8) is 0 Å². The molecule has 1 amide bonds. The first-order chi connectivity index (χ1) is 13.3. The summed E-state index contributed by atoms with van der Waals surface area (Å²) in [5.41, 5.74) is -0.369. The van der Waals surface area contributed by atoms with Gasteiger partial charge in [0.1, 0.15) is 0 Å². The van der Waals surface area contributed by atoms with Gasteiger partial charge in [0.25, 0.3) is 0 Å². The topological polar surface area (TPSA) is 42.0 Å². The van der Waals surface area contributed by atoms with Gasteiger partial charge >= 0.3 is 6.18 Å². The first kappa shape index (κ1) is 18.7. The number of benzene rings is 1. The quantitative estimate of drug-likeness (QED) is 0.657. The van der Waals surface area contributed by atoms with Crippen molar-refractivity contribution in [2.24, 2.45) is 17.8 Å². The lowest BCUT2D eigenvalue weighted by Crippen LogP contribution is -2.60. The Morgan fingerprint density at radius 2 is 1.82 bits per heavy atom. The van der Waals surface area contributed by atoms with Gasteiger partial charge in [-0.25, -0.2) is 4.98 Å². The number of hydrogen-bond acceptors (Lipinski definition) is 4. The van der Waals surface area contributed by atoms with E-state index in [4.69, 9.17) is 0 Å². The molecule has 1 N–H and O–H groups in total. The molecule has 1 aromatic carbocycles. The number of aromatic nitrogens is 1. The molecule has 4 aliphatic carbocycles. The number of carbonyl (C=O) groups excluding carboxylic acids is 1. The SMILES string of the molecule is O=C(CSc1nc2cc(C(F)(F)F)ccc2s1)NC12CC3CC(CC(C3)C1)C2. The third kappa shape index (κ3) is 3.54. The third-order valence-corrected chi connectivity index (χ3v) is 8.64. The smallest absolute Gasteiger partial charge is 0.350 e. The van der Waals surface area contributed by atoms with Crippen LogP contribution in [0.25, 0.3) is 10.2 Å². The molecule has 3 nitrogen and oxygen atoms in total. The number of thioether (sulfide) groups is 1. The molecule has 0 radical (unpaired) electrons. The predicted molar refractivity (Wildman–Crippen MR) is 104 cm³/mol. The van der Waals surface area contributed by atoms with E-state index in [1.807, 2.05) is 0 Å². The zero-order valence-electron chi connectivity index (χ0n) is 15.2. The Balaban J connectivity index is 1.23. The summed E-state index contributed by atoms with van der Waals surface area (Å²) in [4.78, 5) is 16.9. The minimum atomic E-state index is -4.37. The van der Waals surface area contributed by atoms with Crippen molar-refractivity contribution in [3.8, 4) is 0 Å². The highest BCUT2D eigenvalue weighted by atomic mass is 32.2. The van der Waals surface area contributed by atoms with E-state index in [1.54, 1.807) is 0 Å². The second-order valence-corrected chi connectivity index (χ2v) is 10.9. The highest BCUT2D eigenvalue weighted by Gasteiger charge is 2.51. The Morgan fingerprint density at radius 3 is 2.43 bits per heavy atom. The first-order valence-corrected chi connectivity index (χ1v) is 11.5. The number of nitrogens with zero attached hydrogens (tertiary/aromatic N) is 1. The van der Waals surface area contributed by atoms with Gasteiger partial charge < -0.3 is 5.32 Å². The summed E-state index contributed by atoms with van der Waals surface area (Å²) in [5.74, 6) is 2.58. The molecule has 4 aliphatic rings. The van der Waals surface area contributed by atoms with Crippen LogP contribution in [0.2, 0.25) is 0 Å². The van der Waals surface area contributed by atoms with Crippen LogP contribution in [0.3, 0.4) is 0 Å². The molecule has 0 unspecified atom stereocenters. The van der Waals surface area contributed by atoms with Crippen LogP contribution < -0.4 is 5.32 Å². The van der Waals surface area contributed by atoms with E-state index >= 15 is 0 Å². The number of hydrogen-bond donors (Lipinski definition) is 1. The van der Waals surface area contributed by atoms with E-state index in [-0.39, 0.29) is 17.2 Å². The fourth-order valence-corrected chi connectivity index (χ4v) is 7.72. The third-order valence-electron chi connectivity index (χ3n) is 6.46. The Labute approximate surface area is 169 Å². The number of nitrogens with one attached hydrogen (secondary N) is 1. The highest BCUT2D eigenvalue weighted by molar-refractivity contribution is 8.01. The van der Waals surface area contributed by atoms with Crippen molar-refractivity contribution in [1.82, 2.24) is 10.3 Å². The number of thiazole rings is 1. The molecule has 4 fully saturated rings. The molecule has 2 aromatic rings. The van der Waals surface area contributed by atoms with Crippen LogP contribution in [-0.4, -0.2) is 22.2 Å². The summed E-state index contributed by atoms with van der Waals surface area (Å²) in [5, 5.41) is 3.33. The number of rotatable bonds is 4. The van der Waals surface area contributed by atoms with E-state index in [0.29, 0.717) is 14.6 Å². The Hall–Kier alpha value is -1.28. The van der Waals surface area contributed by atoms with E-state index in [1.165, 1.54) is 48.4 Å². The molecule has 0 aliphatic heterocycles. The Morgan fingerprint density at radius 1 is 1.18 bits per heavy atom. The van der Waals surface area contributed by atoms with Crippen molar-refractivity contribution in [1.29, 1.82) is 0 Å². The van der Waals surface area contributed by atoms with Gasteiger partial charge in [0.05, 0.1) is 21.5 Å². The summed E-state index contributed by atoms with van der Waals surface area (Å²) in [7, 11) is 0. The summed E-state index contributed by atoms with van der Waals surface area (Å²) in [6, 6.07) is 3.61. The molecule has 4 saturated carbocycles. The Bertz CT molecular complexity index is 889. The normalized spacial score (nSPS) is 31.5. The van der Waals surface area contributed by atoms with Gasteiger partial charge in [0, 0.05) is 5.54 Å². The van der Waals surface area contributed by atoms with Gasteiger partial charge in [-0.05, 0) is 74.5 Å². The second kappa shape index (κ2) is 6.62. The summed E-state index contributed by atoms with van der Waals surface area (Å²) < 4.78 is 39.9. The fraction of sp³-hybridized carbons (Fsp3) is 0.600. The standard InChI is InChI=1S/C20H21F3N2OS2/c21-20(22,23)14-1-2-16-15(6-14)24-18(28-16)27-10-17(26)25-19-7-11-3-12(8-19)5-13(4-11)9-19/h1-2,6,11-13H,3-5,7-10H2,(H,25,26). The number of carbonyl (C=O) groups is 1. The maximum Gasteiger partial charge on any atom is 0.416 e. The van der Waals surface area contributed by atoms with E-state index in [9.17, 15) is 18.0 Å². The zero-order chi connectivity index (χ0) is 19.5. The van der Waals surface area contributed by atoms with Crippen LogP contribution in [0.4, 0.5) is 13.2 Å². The average molecular weight is 427 g/mol. The molecule has 0 saturated heterocycles. The van der Waals surface area contributed by atoms with Crippen LogP contribution in [0, 0.1) is 17.8 Å². The molecular weight excluding hydrogens is 405 g/mol. The van der Waals surface area contributed by atoms with E-state index in [2.05, 4.69) is 10.3 Å². The van der Waals surface area contributed by atoms with Gasteiger partial charge in [0.15, 0.2) is 4.34 Å². The molecule has 0 spiro atoms. The number of amides is 1. The number of fused-ring (bicyclic) bond motifs is 1. The predicted octanol–water partition coefficient (Wildman–Crippen LogP) is 5.49. The molecule has 1 aromatic heterocycles. The van der Waals surface area contributed by atoms with Crippen molar-refractivity contribution in [2.75, 3.05) is 5.75 Å². The van der Waals surface area contributed by atoms with Crippen molar-refractivity contribution >= 4 is 39.2 Å². The first-order valence-electron chi connectivity index (χ1n) is 9.70. The van der Waals surface area contributed by atoms with Gasteiger partial charge in [0.2, 0.25) is 5.91 Å². The lowest BCUT2D eigenvalue weighted by Gasteiger charge is -2.56. The van der Waals surface area contributed by atoms with Crippen LogP contribution >= 0.6 is 23.1 Å². The average Bonchev–Trinajstić information content (AvgIpc) is 2.99. The van der Waals surface area contributed by atoms with Crippen LogP contribution in [0.15, 0.2) is 22.5 Å². The maximum atomic E-state index is 12.8. The van der Waals surface area contributed by atoms with E-state index in [0.717, 1.165) is 49.1 Å². The van der Waals surface area contributed by atoms with Gasteiger partial charge in [-0.1, -0.05) is 11.8 Å². The lowest BCUT2D eigenvalue weighted by molar-refractivity contribution is -0.137. The molecule has 150 valence electrons. The molecular formula is C20H21F3N2OS2. The zero-order valence-corrected chi connectivity index (χ0v) is 16.9. The molecule has 1 heterocycles. The van der Waals surface area contributed by atoms with Crippen molar-refractivity contribution < 1.29 is 18.0 Å². The maximum absolute atomic E-state index is 12.8. The summed E-state index contributed by atoms with van der Waals surface area (Å²) >= 11 is 2.64. The molecule has 8 heteroatoms. The molecule has 0 atom stereocenters. The number of alkyl halides is 3. The fourth-order valence-electron chi connectivity index (χ4n) is 5.87.